The van der Waals surface area contributed by atoms with Gasteiger partial charge < -0.3 is 15.4 Å². The number of guanidine groups is 1. The van der Waals surface area contributed by atoms with Crippen LogP contribution in [0.3, 0.4) is 0 Å². The first-order chi connectivity index (χ1) is 13.4. The summed E-state index contributed by atoms with van der Waals surface area (Å²) in [5, 5.41) is 6.39. The van der Waals surface area contributed by atoms with Crippen LogP contribution in [0.1, 0.15) is 18.1 Å². The van der Waals surface area contributed by atoms with Gasteiger partial charge >= 0.3 is 0 Å². The first-order valence-electron chi connectivity index (χ1n) is 9.14. The summed E-state index contributed by atoms with van der Waals surface area (Å²) in [6.45, 7) is 6.16. The zero-order chi connectivity index (χ0) is 20.4. The van der Waals surface area contributed by atoms with E-state index in [1.165, 1.54) is 5.56 Å². The van der Waals surface area contributed by atoms with E-state index in [4.69, 9.17) is 4.74 Å². The smallest absolute Gasteiger partial charge is 0.229 e. The number of nitrogens with zero attached hydrogens (tertiary/aromatic N) is 1. The van der Waals surface area contributed by atoms with Gasteiger partial charge in [0.1, 0.15) is 12.4 Å². The minimum atomic E-state index is -3.34. The minimum Gasteiger partial charge on any atom is -0.492 e. The molecule has 0 aliphatic carbocycles. The Kier molecular flexibility index (Phi) is 10.8. The van der Waals surface area contributed by atoms with Gasteiger partial charge in [-0.25, -0.2) is 13.4 Å². The summed E-state index contributed by atoms with van der Waals surface area (Å²) in [4.78, 5) is 4.53. The summed E-state index contributed by atoms with van der Waals surface area (Å²) in [5.41, 5.74) is 2.52. The Morgan fingerprint density at radius 2 is 1.76 bits per heavy atom. The molecule has 0 unspecified atom stereocenters. The van der Waals surface area contributed by atoms with Crippen LogP contribution in [0.25, 0.3) is 0 Å². The lowest BCUT2D eigenvalue weighted by Crippen LogP contribution is -2.39. The third-order valence-electron chi connectivity index (χ3n) is 3.75. The van der Waals surface area contributed by atoms with Crippen molar-refractivity contribution in [3.05, 3.63) is 59.7 Å². The summed E-state index contributed by atoms with van der Waals surface area (Å²) in [6, 6.07) is 15.1. The number of ether oxygens (including phenoxy) is 1. The summed E-state index contributed by atoms with van der Waals surface area (Å²) < 4.78 is 31.3. The Labute approximate surface area is 190 Å². The second-order valence-electron chi connectivity index (χ2n) is 6.31. The number of halogens is 1. The maximum absolute atomic E-state index is 11.5. The molecule has 2 aromatic carbocycles. The largest absolute Gasteiger partial charge is 0.492 e. The normalized spacial score (nSPS) is 11.3. The molecule has 0 fully saturated rings. The monoisotopic (exact) mass is 532 g/mol. The fourth-order valence-corrected chi connectivity index (χ4v) is 3.03. The van der Waals surface area contributed by atoms with Crippen molar-refractivity contribution in [1.29, 1.82) is 0 Å². The summed E-state index contributed by atoms with van der Waals surface area (Å²) in [7, 11) is -3.34. The van der Waals surface area contributed by atoms with Crippen LogP contribution in [0.5, 0.6) is 5.75 Å². The second-order valence-corrected chi connectivity index (χ2v) is 8.06. The van der Waals surface area contributed by atoms with Gasteiger partial charge in [0.2, 0.25) is 10.0 Å². The molecule has 2 rings (SSSR count). The predicted octanol–water partition coefficient (Wildman–Crippen LogP) is 3.12. The van der Waals surface area contributed by atoms with Crippen molar-refractivity contribution in [2.45, 2.75) is 20.4 Å². The zero-order valence-electron chi connectivity index (χ0n) is 16.9. The number of rotatable bonds is 9. The number of hydrogen-bond donors (Lipinski definition) is 3. The van der Waals surface area contributed by atoms with Gasteiger partial charge in [0, 0.05) is 6.54 Å². The van der Waals surface area contributed by atoms with Crippen LogP contribution < -0.4 is 20.1 Å². The Morgan fingerprint density at radius 3 is 2.41 bits per heavy atom. The molecule has 9 heteroatoms. The summed E-state index contributed by atoms with van der Waals surface area (Å²) in [6.07, 6.45) is 1.13. The molecule has 0 heterocycles. The summed E-state index contributed by atoms with van der Waals surface area (Å²) in [5.74, 6) is 1.47. The summed E-state index contributed by atoms with van der Waals surface area (Å²) >= 11 is 0. The lowest BCUT2D eigenvalue weighted by atomic mass is 10.2. The number of anilines is 1. The number of aliphatic imine (C=N–C) groups is 1. The Morgan fingerprint density at radius 1 is 1.07 bits per heavy atom. The highest BCUT2D eigenvalue weighted by Gasteiger charge is 2.07. The molecule has 7 nitrogen and oxygen atoms in total. The van der Waals surface area contributed by atoms with Crippen LogP contribution in [0.15, 0.2) is 53.5 Å². The first kappa shape index (κ1) is 25.0. The third-order valence-corrected chi connectivity index (χ3v) is 4.34. The lowest BCUT2D eigenvalue weighted by molar-refractivity contribution is 0.322. The van der Waals surface area contributed by atoms with Gasteiger partial charge in [0.15, 0.2) is 5.96 Å². The fraction of sp³-hybridized carbons (Fsp3) is 0.350. The van der Waals surface area contributed by atoms with E-state index in [1.54, 1.807) is 12.1 Å². The van der Waals surface area contributed by atoms with E-state index in [0.717, 1.165) is 17.6 Å². The molecule has 160 valence electrons. The number of aryl methyl sites for hydroxylation is 1. The average Bonchev–Trinajstić information content (AvgIpc) is 2.64. The number of para-hydroxylation sites is 1. The molecule has 0 radical (unpaired) electrons. The van der Waals surface area contributed by atoms with Crippen molar-refractivity contribution in [3.63, 3.8) is 0 Å². The highest BCUT2D eigenvalue weighted by atomic mass is 127. The molecule has 0 aliphatic heterocycles. The predicted molar refractivity (Wildman–Crippen MR) is 130 cm³/mol. The third kappa shape index (κ3) is 9.84. The van der Waals surface area contributed by atoms with Gasteiger partial charge in [-0.15, -0.1) is 24.0 Å². The Balaban J connectivity index is 0.00000420. The Hall–Kier alpha value is -2.01. The highest BCUT2D eigenvalue weighted by Crippen LogP contribution is 2.17. The van der Waals surface area contributed by atoms with Gasteiger partial charge in [-0.2, -0.15) is 0 Å². The molecule has 0 bridgehead atoms. The van der Waals surface area contributed by atoms with Gasteiger partial charge in [-0.05, 0) is 37.6 Å². The van der Waals surface area contributed by atoms with Crippen LogP contribution >= 0.6 is 24.0 Å². The van der Waals surface area contributed by atoms with Gasteiger partial charge in [0.05, 0.1) is 25.0 Å². The van der Waals surface area contributed by atoms with Gasteiger partial charge in [-0.3, -0.25) is 4.72 Å². The van der Waals surface area contributed by atoms with Crippen molar-refractivity contribution >= 4 is 45.6 Å². The van der Waals surface area contributed by atoms with Crippen LogP contribution in [-0.4, -0.2) is 40.3 Å². The molecule has 0 spiro atoms. The van der Waals surface area contributed by atoms with E-state index in [1.807, 2.05) is 50.2 Å². The molecule has 29 heavy (non-hydrogen) atoms. The van der Waals surface area contributed by atoms with E-state index in [0.29, 0.717) is 37.9 Å². The fourth-order valence-electron chi connectivity index (χ4n) is 2.44. The Bertz CT molecular complexity index is 887. The SMILES string of the molecule is CCNC(=NCc1ccccc1NS(C)(=O)=O)NCCOc1ccc(C)cc1.I. The topological polar surface area (TPSA) is 91.8 Å². The second kappa shape index (κ2) is 12.5. The minimum absolute atomic E-state index is 0. The molecule has 0 atom stereocenters. The molecular formula is C20H29IN4O3S. The van der Waals surface area contributed by atoms with Crippen molar-refractivity contribution < 1.29 is 13.2 Å². The van der Waals surface area contributed by atoms with Crippen LogP contribution in [0.4, 0.5) is 5.69 Å². The van der Waals surface area contributed by atoms with Crippen LogP contribution in [0, 0.1) is 6.92 Å². The number of sulfonamides is 1. The van der Waals surface area contributed by atoms with Crippen LogP contribution in [-0.2, 0) is 16.6 Å². The number of nitrogens with one attached hydrogen (secondary N) is 3. The number of hydrogen-bond acceptors (Lipinski definition) is 4. The molecular weight excluding hydrogens is 503 g/mol. The molecule has 0 saturated heterocycles. The van der Waals surface area contributed by atoms with E-state index in [9.17, 15) is 8.42 Å². The lowest BCUT2D eigenvalue weighted by Gasteiger charge is -2.13. The molecule has 0 amide bonds. The molecule has 0 saturated carbocycles. The first-order valence-corrected chi connectivity index (χ1v) is 11.0. The maximum Gasteiger partial charge on any atom is 0.229 e. The van der Waals surface area contributed by atoms with Gasteiger partial charge in [0.25, 0.3) is 0 Å². The molecule has 0 aromatic heterocycles. The van der Waals surface area contributed by atoms with Crippen LogP contribution in [0.2, 0.25) is 0 Å². The average molecular weight is 532 g/mol. The van der Waals surface area contributed by atoms with Crippen molar-refractivity contribution in [2.24, 2.45) is 4.99 Å². The van der Waals surface area contributed by atoms with Gasteiger partial charge in [-0.1, -0.05) is 35.9 Å². The standard InChI is InChI=1S/C20H28N4O3S.HI/c1-4-21-20(22-13-14-27-18-11-9-16(2)10-12-18)23-15-17-7-5-6-8-19(17)24-28(3,25)26;/h5-12,24H,4,13-15H2,1-3H3,(H2,21,22,23);1H. The van der Waals surface area contributed by atoms with E-state index in [-0.39, 0.29) is 24.0 Å². The van der Waals surface area contributed by atoms with E-state index >= 15 is 0 Å². The number of benzene rings is 2. The zero-order valence-corrected chi connectivity index (χ0v) is 20.1. The van der Waals surface area contributed by atoms with Crippen molar-refractivity contribution in [3.8, 4) is 5.75 Å². The van der Waals surface area contributed by atoms with E-state index in [2.05, 4.69) is 20.3 Å². The molecule has 3 N–H and O–H groups in total. The quantitative estimate of drug-likeness (QED) is 0.200. The van der Waals surface area contributed by atoms with Crippen molar-refractivity contribution in [2.75, 3.05) is 30.7 Å². The maximum atomic E-state index is 11.5. The highest BCUT2D eigenvalue weighted by molar-refractivity contribution is 14.0. The molecule has 0 aliphatic rings. The molecule has 2 aromatic rings. The van der Waals surface area contributed by atoms with Crippen molar-refractivity contribution in [1.82, 2.24) is 10.6 Å². The van der Waals surface area contributed by atoms with E-state index < -0.39 is 10.0 Å².